The number of nitrogens with two attached hydrogens (primary N) is 1. The Balaban J connectivity index is 1.00. The van der Waals surface area contributed by atoms with E-state index in [0.29, 0.717) is 67.8 Å². The molecule has 5 aromatic rings. The lowest BCUT2D eigenvalue weighted by atomic mass is 9.91. The first-order chi connectivity index (χ1) is 45.6. The molecule has 22 heteroatoms. The number of esters is 2. The minimum absolute atomic E-state index is 0.0258. The molecule has 0 spiro atoms. The highest BCUT2D eigenvalue weighted by Gasteiger charge is 2.48. The Labute approximate surface area is 564 Å². The molecule has 0 aliphatic carbocycles. The molecule has 0 bridgehead atoms. The van der Waals surface area contributed by atoms with Crippen molar-refractivity contribution in [1.82, 2.24) is 9.80 Å². The van der Waals surface area contributed by atoms with Gasteiger partial charge in [0.1, 0.15) is 30.0 Å². The molecule has 0 unspecified atom stereocenters. The average molecular weight is 1340 g/mol. The first-order valence-corrected chi connectivity index (χ1v) is 35.6. The standard InChI is InChI=1S/C74H94N4O17Si/c1-16-55-35-53(51-23-20-44(2)21-24-51)40-77(55)71(83)59-37-66(87-13)67(39-62(59)76-73(84)90-42-50-22-29-64(60(34-50)63(81)19-17-30-85-11)95-72-69(94-49(7)80)68(93-48(6)79)46(4)47(5)92-72)89-32-18-31-88-65-38-61(75)58(33-45(65)3)70(82)78-41-54(52-25-27-57(86-12)28-26-52)36-56(78)43-91-96(14,15)74(8,9)10/h20-29,33-34,37-41,46-47,55-56,68-69,72H,16-19,30-32,35-36,42-43,75H2,1-15H3,(H,76,84)/t46-,47-,55-,56+,68+,69-,72+/m1/s1. The van der Waals surface area contributed by atoms with E-state index in [1.807, 2.05) is 81.7 Å². The first kappa shape index (κ1) is 73.1. The summed E-state index contributed by atoms with van der Waals surface area (Å²) < 4.78 is 65.5. The third-order valence-corrected chi connectivity index (χ3v) is 22.7. The van der Waals surface area contributed by atoms with Gasteiger partial charge in [-0.25, -0.2) is 4.79 Å². The van der Waals surface area contributed by atoms with Crippen LogP contribution < -0.4 is 34.7 Å². The lowest BCUT2D eigenvalue weighted by Crippen LogP contribution is -2.57. The van der Waals surface area contributed by atoms with Gasteiger partial charge in [0.2, 0.25) is 12.4 Å². The first-order valence-electron chi connectivity index (χ1n) is 32.7. The predicted octanol–water partition coefficient (Wildman–Crippen LogP) is 13.7. The molecule has 0 radical (unpaired) electrons. The summed E-state index contributed by atoms with van der Waals surface area (Å²) in [6.07, 6.45) is 1.56. The van der Waals surface area contributed by atoms with Gasteiger partial charge in [-0.15, -0.1) is 0 Å². The van der Waals surface area contributed by atoms with Crippen molar-refractivity contribution in [2.75, 3.05) is 58.8 Å². The third kappa shape index (κ3) is 18.0. The summed E-state index contributed by atoms with van der Waals surface area (Å²) in [5.74, 6) is -0.869. The van der Waals surface area contributed by atoms with E-state index in [9.17, 15) is 28.8 Å². The number of nitrogens with one attached hydrogen (secondary N) is 1. The molecule has 1 fully saturated rings. The normalized spacial score (nSPS) is 19.4. The molecule has 3 N–H and O–H groups in total. The number of aryl methyl sites for hydroxylation is 2. The Morgan fingerprint density at radius 3 is 1.91 bits per heavy atom. The van der Waals surface area contributed by atoms with Gasteiger partial charge in [0, 0.05) is 82.6 Å². The van der Waals surface area contributed by atoms with Gasteiger partial charge in [-0.05, 0) is 134 Å². The molecule has 3 aliphatic rings. The van der Waals surface area contributed by atoms with E-state index in [1.54, 1.807) is 49.0 Å². The molecule has 21 nitrogen and oxygen atoms in total. The number of hydrogen-bond donors (Lipinski definition) is 2. The van der Waals surface area contributed by atoms with Gasteiger partial charge >= 0.3 is 18.0 Å². The summed E-state index contributed by atoms with van der Waals surface area (Å²) in [5.41, 5.74) is 13.8. The fraction of sp³-hybridized carbons (Fsp3) is 0.459. The van der Waals surface area contributed by atoms with Gasteiger partial charge in [0.15, 0.2) is 25.6 Å². The summed E-state index contributed by atoms with van der Waals surface area (Å²) in [5, 5.41) is 2.77. The van der Waals surface area contributed by atoms with E-state index in [1.165, 1.54) is 52.3 Å². The fourth-order valence-corrected chi connectivity index (χ4v) is 12.5. The second-order valence-corrected chi connectivity index (χ2v) is 31.0. The maximum Gasteiger partial charge on any atom is 0.411 e. The molecule has 3 heterocycles. The number of anilines is 2. The lowest BCUT2D eigenvalue weighted by molar-refractivity contribution is -0.263. The summed E-state index contributed by atoms with van der Waals surface area (Å²) in [6, 6.07) is 26.6. The number of methoxy groups -OCH3 is 3. The number of ether oxygens (including phenoxy) is 10. The van der Waals surface area contributed by atoms with E-state index in [-0.39, 0.29) is 94.8 Å². The van der Waals surface area contributed by atoms with Gasteiger partial charge in [0.25, 0.3) is 11.8 Å². The van der Waals surface area contributed by atoms with Crippen LogP contribution in [-0.2, 0) is 44.3 Å². The van der Waals surface area contributed by atoms with Crippen LogP contribution in [-0.4, -0.2) is 138 Å². The second kappa shape index (κ2) is 32.4. The van der Waals surface area contributed by atoms with E-state index < -0.39 is 62.8 Å². The Bertz CT molecular complexity index is 3680. The SMILES string of the molecule is CC[C@@H]1CC(c2ccc(C)cc2)=CN1C(=O)c1cc(OC)c(OCCCOc2cc(N)c(C(=O)N3C=C(c4ccc(OC)cc4)C[C@H]3CO[Si](C)(C)C(C)(C)C)cc2C)cc1NC(=O)OCc1ccc(O[C@@H]2O[C@H](C)[C@@H](C)[C@H](OC(C)=O)[C@H]2OC(C)=O)c(C(=O)CCCOC)c1. The topological polar surface area (TPSA) is 248 Å². The number of Topliss-reactive ketones (excluding diaryl/α,β-unsaturated/α-hetero) is 1. The van der Waals surface area contributed by atoms with Crippen LogP contribution >= 0.6 is 0 Å². The monoisotopic (exact) mass is 1340 g/mol. The molecule has 8 rings (SSSR count). The van der Waals surface area contributed by atoms with Gasteiger partial charge in [-0.3, -0.25) is 29.3 Å². The highest BCUT2D eigenvalue weighted by Crippen LogP contribution is 2.42. The van der Waals surface area contributed by atoms with Gasteiger partial charge in [-0.1, -0.05) is 82.6 Å². The zero-order valence-corrected chi connectivity index (χ0v) is 59.0. The van der Waals surface area contributed by atoms with E-state index in [0.717, 1.165) is 33.6 Å². The zero-order chi connectivity index (χ0) is 69.8. The molecule has 0 aromatic heterocycles. The predicted molar refractivity (Wildman–Crippen MR) is 368 cm³/mol. The molecule has 3 amide bonds. The molecule has 7 atom stereocenters. The van der Waals surface area contributed by atoms with Gasteiger partial charge < -0.3 is 67.3 Å². The van der Waals surface area contributed by atoms with Gasteiger partial charge in [-0.2, -0.15) is 0 Å². The summed E-state index contributed by atoms with van der Waals surface area (Å²) in [4.78, 5) is 85.8. The molecule has 5 aromatic carbocycles. The number of carbonyl (C=O) groups excluding carboxylic acids is 6. The molecular formula is C74H94N4O17Si. The second-order valence-electron chi connectivity index (χ2n) is 26.2. The summed E-state index contributed by atoms with van der Waals surface area (Å²) >= 11 is 0. The van der Waals surface area contributed by atoms with E-state index in [2.05, 4.69) is 39.2 Å². The van der Waals surface area contributed by atoms with Crippen molar-refractivity contribution < 1.29 is 80.6 Å². The van der Waals surface area contributed by atoms with E-state index in [4.69, 9.17) is 57.5 Å². The van der Waals surface area contributed by atoms with Crippen LogP contribution in [0.4, 0.5) is 16.2 Å². The Hall–Kier alpha value is -8.70. The number of ketones is 1. The molecule has 0 saturated carbocycles. The Morgan fingerprint density at radius 2 is 1.29 bits per heavy atom. The van der Waals surface area contributed by atoms with Crippen molar-refractivity contribution in [3.8, 4) is 28.7 Å². The fourth-order valence-electron chi connectivity index (χ4n) is 11.5. The molecule has 96 heavy (non-hydrogen) atoms. The van der Waals surface area contributed by atoms with Crippen LogP contribution in [0.15, 0.2) is 103 Å². The zero-order valence-electron chi connectivity index (χ0n) is 58.0. The number of nitrogen functional groups attached to an aromatic ring is 1. The maximum absolute atomic E-state index is 15.0. The Morgan fingerprint density at radius 1 is 0.677 bits per heavy atom. The van der Waals surface area contributed by atoms with E-state index >= 15 is 0 Å². The van der Waals surface area contributed by atoms with Crippen molar-refractivity contribution in [2.45, 2.75) is 169 Å². The lowest BCUT2D eigenvalue weighted by Gasteiger charge is -2.43. The Kier molecular flexibility index (Phi) is 24.6. The highest BCUT2D eigenvalue weighted by molar-refractivity contribution is 6.74. The largest absolute Gasteiger partial charge is 0.497 e. The van der Waals surface area contributed by atoms with Crippen molar-refractivity contribution in [1.29, 1.82) is 0 Å². The summed E-state index contributed by atoms with van der Waals surface area (Å²) in [6.45, 7) is 23.5. The van der Waals surface area contributed by atoms with Crippen LogP contribution in [0.2, 0.25) is 18.1 Å². The molecule has 1 saturated heterocycles. The molecule has 3 aliphatic heterocycles. The van der Waals surface area contributed by atoms with Crippen molar-refractivity contribution >= 4 is 66.5 Å². The van der Waals surface area contributed by atoms with Crippen molar-refractivity contribution in [3.05, 3.63) is 148 Å². The van der Waals surface area contributed by atoms with Crippen LogP contribution in [0.25, 0.3) is 11.1 Å². The smallest absolute Gasteiger partial charge is 0.411 e. The number of benzene rings is 5. The van der Waals surface area contributed by atoms with Crippen molar-refractivity contribution in [2.24, 2.45) is 5.92 Å². The average Bonchev–Trinajstić information content (AvgIpc) is 1.16. The minimum atomic E-state index is -2.17. The molecule has 516 valence electrons. The van der Waals surface area contributed by atoms with Crippen LogP contribution in [0.1, 0.15) is 153 Å². The molecular weight excluding hydrogens is 1240 g/mol. The van der Waals surface area contributed by atoms with Crippen LogP contribution in [0.3, 0.4) is 0 Å². The highest BCUT2D eigenvalue weighted by atomic mass is 28.4. The number of rotatable bonds is 28. The van der Waals surface area contributed by atoms with Crippen LogP contribution in [0, 0.1) is 19.8 Å². The number of hydrogen-bond acceptors (Lipinski definition) is 18. The quantitative estimate of drug-likeness (QED) is 0.0118. The minimum Gasteiger partial charge on any atom is -0.497 e. The third-order valence-electron chi connectivity index (χ3n) is 18.2. The van der Waals surface area contributed by atoms with Crippen molar-refractivity contribution in [3.63, 3.8) is 0 Å². The van der Waals surface area contributed by atoms with Gasteiger partial charge in [0.05, 0.1) is 68.6 Å². The van der Waals surface area contributed by atoms with Crippen LogP contribution in [0.5, 0.6) is 28.7 Å². The number of carbonyl (C=O) groups is 6. The number of amides is 3. The number of nitrogens with zero attached hydrogens (tertiary/aromatic N) is 2. The summed E-state index contributed by atoms with van der Waals surface area (Å²) in [7, 11) is 2.45. The maximum atomic E-state index is 15.0.